The van der Waals surface area contributed by atoms with Crippen LogP contribution in [0.4, 0.5) is 0 Å². The summed E-state index contributed by atoms with van der Waals surface area (Å²) in [6, 6.07) is 2.00. The van der Waals surface area contributed by atoms with E-state index in [0.717, 1.165) is 42.8 Å². The zero-order valence-electron chi connectivity index (χ0n) is 20.8. The van der Waals surface area contributed by atoms with E-state index in [9.17, 15) is 9.59 Å². The van der Waals surface area contributed by atoms with E-state index >= 15 is 0 Å². The fourth-order valence-electron chi connectivity index (χ4n) is 4.93. The first-order valence-corrected chi connectivity index (χ1v) is 12.2. The van der Waals surface area contributed by atoms with Gasteiger partial charge in [0.1, 0.15) is 5.76 Å². The fourth-order valence-corrected chi connectivity index (χ4v) is 4.93. The highest BCUT2D eigenvalue weighted by Gasteiger charge is 2.31. The number of ether oxygens (including phenoxy) is 2. The number of carbonyl (C=O) groups excluding carboxylic acids is 2. The van der Waals surface area contributed by atoms with Crippen molar-refractivity contribution >= 4 is 11.8 Å². The predicted octanol–water partition coefficient (Wildman–Crippen LogP) is 2.93. The van der Waals surface area contributed by atoms with Crippen molar-refractivity contribution in [2.24, 2.45) is 0 Å². The van der Waals surface area contributed by atoms with Crippen LogP contribution in [-0.2, 0) is 16.0 Å². The summed E-state index contributed by atoms with van der Waals surface area (Å²) in [4.78, 5) is 34.4. The van der Waals surface area contributed by atoms with Gasteiger partial charge >= 0.3 is 0 Å². The van der Waals surface area contributed by atoms with Gasteiger partial charge in [-0.1, -0.05) is 0 Å². The van der Waals surface area contributed by atoms with Gasteiger partial charge in [-0.2, -0.15) is 0 Å². The Morgan fingerprint density at radius 3 is 2.41 bits per heavy atom. The molecule has 0 atom stereocenters. The van der Waals surface area contributed by atoms with E-state index in [1.807, 2.05) is 24.8 Å². The van der Waals surface area contributed by atoms with Crippen LogP contribution in [0.5, 0.6) is 0 Å². The van der Waals surface area contributed by atoms with Gasteiger partial charge < -0.3 is 28.3 Å². The van der Waals surface area contributed by atoms with Crippen molar-refractivity contribution in [2.45, 2.75) is 52.5 Å². The number of amides is 2. The Labute approximate surface area is 201 Å². The molecule has 4 rings (SSSR count). The first kappa shape index (κ1) is 24.5. The van der Waals surface area contributed by atoms with Crippen LogP contribution in [0.15, 0.2) is 10.5 Å². The van der Waals surface area contributed by atoms with E-state index in [1.165, 1.54) is 0 Å². The van der Waals surface area contributed by atoms with Crippen LogP contribution in [0.3, 0.4) is 0 Å². The molecule has 2 aliphatic rings. The van der Waals surface area contributed by atoms with Gasteiger partial charge in [0.2, 0.25) is 0 Å². The van der Waals surface area contributed by atoms with E-state index in [1.54, 1.807) is 18.9 Å². The number of piperidine rings is 1. The molecule has 2 aliphatic heterocycles. The summed E-state index contributed by atoms with van der Waals surface area (Å²) in [6.07, 6.45) is 2.45. The molecule has 2 aromatic heterocycles. The third kappa shape index (κ3) is 5.05. The summed E-state index contributed by atoms with van der Waals surface area (Å²) in [5.41, 5.74) is 3.28. The normalized spacial score (nSPS) is 17.4. The molecular weight excluding hydrogens is 436 g/mol. The van der Waals surface area contributed by atoms with Crippen LogP contribution in [-0.4, -0.2) is 84.3 Å². The molecule has 0 unspecified atom stereocenters. The lowest BCUT2D eigenvalue weighted by Gasteiger charge is -2.30. The maximum Gasteiger partial charge on any atom is 0.276 e. The number of hydrogen-bond donors (Lipinski definition) is 0. The highest BCUT2D eigenvalue weighted by atomic mass is 16.5. The molecule has 9 nitrogen and oxygen atoms in total. The lowest BCUT2D eigenvalue weighted by atomic mass is 9.96. The van der Waals surface area contributed by atoms with E-state index in [-0.39, 0.29) is 17.7 Å². The smallest absolute Gasteiger partial charge is 0.276 e. The van der Waals surface area contributed by atoms with E-state index in [4.69, 9.17) is 13.9 Å². The molecule has 2 fully saturated rings. The van der Waals surface area contributed by atoms with Crippen molar-refractivity contribution < 1.29 is 23.5 Å². The van der Waals surface area contributed by atoms with Gasteiger partial charge in [-0.25, -0.2) is 4.98 Å². The SMILES string of the molecule is COCCCn1c(C)cc(C(=O)N2CCC(c3nc(C(=O)N4CCOCC4)c(C)o3)CC2)c1C. The van der Waals surface area contributed by atoms with Crippen LogP contribution >= 0.6 is 0 Å². The van der Waals surface area contributed by atoms with Crippen LogP contribution < -0.4 is 0 Å². The molecule has 34 heavy (non-hydrogen) atoms. The number of morpholine rings is 1. The first-order valence-electron chi connectivity index (χ1n) is 12.2. The van der Waals surface area contributed by atoms with Crippen molar-refractivity contribution in [1.82, 2.24) is 19.4 Å². The van der Waals surface area contributed by atoms with Gasteiger partial charge in [0, 0.05) is 63.7 Å². The highest BCUT2D eigenvalue weighted by molar-refractivity contribution is 5.96. The van der Waals surface area contributed by atoms with Crippen molar-refractivity contribution in [2.75, 3.05) is 53.1 Å². The molecule has 9 heteroatoms. The predicted molar refractivity (Wildman–Crippen MR) is 126 cm³/mol. The first-order chi connectivity index (χ1) is 16.4. The lowest BCUT2D eigenvalue weighted by molar-refractivity contribution is 0.0298. The average molecular weight is 473 g/mol. The van der Waals surface area contributed by atoms with E-state index < -0.39 is 0 Å². The number of rotatable bonds is 7. The van der Waals surface area contributed by atoms with Gasteiger partial charge in [-0.15, -0.1) is 0 Å². The summed E-state index contributed by atoms with van der Waals surface area (Å²) in [5, 5.41) is 0. The summed E-state index contributed by atoms with van der Waals surface area (Å²) < 4.78 is 18.6. The summed E-state index contributed by atoms with van der Waals surface area (Å²) in [5.74, 6) is 1.26. The Morgan fingerprint density at radius 1 is 1.06 bits per heavy atom. The van der Waals surface area contributed by atoms with Crippen molar-refractivity contribution in [1.29, 1.82) is 0 Å². The van der Waals surface area contributed by atoms with Crippen LogP contribution in [0.25, 0.3) is 0 Å². The van der Waals surface area contributed by atoms with Crippen LogP contribution in [0.2, 0.25) is 0 Å². The lowest BCUT2D eigenvalue weighted by Crippen LogP contribution is -2.41. The average Bonchev–Trinajstić information content (AvgIpc) is 3.38. The molecule has 0 N–H and O–H groups in total. The molecule has 0 aromatic carbocycles. The molecule has 2 amide bonds. The molecule has 0 saturated carbocycles. The van der Waals surface area contributed by atoms with Gasteiger partial charge in [0.25, 0.3) is 11.8 Å². The number of nitrogens with zero attached hydrogens (tertiary/aromatic N) is 4. The Hall–Kier alpha value is -2.65. The second-order valence-electron chi connectivity index (χ2n) is 9.21. The summed E-state index contributed by atoms with van der Waals surface area (Å²) in [7, 11) is 1.70. The number of likely N-dealkylation sites (tertiary alicyclic amines) is 1. The summed E-state index contributed by atoms with van der Waals surface area (Å²) in [6.45, 7) is 11.0. The van der Waals surface area contributed by atoms with Gasteiger partial charge in [-0.3, -0.25) is 9.59 Å². The zero-order valence-corrected chi connectivity index (χ0v) is 20.8. The second kappa shape index (κ2) is 10.7. The Kier molecular flexibility index (Phi) is 7.73. The second-order valence-corrected chi connectivity index (χ2v) is 9.21. The fraction of sp³-hybridized carbons (Fsp3) is 0.640. The van der Waals surface area contributed by atoms with Gasteiger partial charge in [0.15, 0.2) is 11.6 Å². The van der Waals surface area contributed by atoms with E-state index in [0.29, 0.717) is 63.3 Å². The topological polar surface area (TPSA) is 90.0 Å². The molecule has 2 aromatic rings. The Bertz CT molecular complexity index is 1010. The molecule has 0 radical (unpaired) electrons. The minimum absolute atomic E-state index is 0.0799. The molecule has 0 aliphatic carbocycles. The zero-order chi connectivity index (χ0) is 24.2. The standard InChI is InChI=1S/C25H36N4O5/c1-17-16-21(18(2)29(17)8-5-13-32-4)24(30)27-9-6-20(7-10-27)23-26-22(19(3)34-23)25(31)28-11-14-33-15-12-28/h16,20H,5-15H2,1-4H3. The van der Waals surface area contributed by atoms with Crippen molar-refractivity contribution in [3.63, 3.8) is 0 Å². The Balaban J connectivity index is 1.38. The number of carbonyl (C=O) groups is 2. The molecule has 4 heterocycles. The number of methoxy groups -OCH3 is 1. The Morgan fingerprint density at radius 2 is 1.74 bits per heavy atom. The third-order valence-corrected chi connectivity index (χ3v) is 6.98. The molecule has 2 saturated heterocycles. The monoisotopic (exact) mass is 472 g/mol. The number of aryl methyl sites for hydroxylation is 2. The highest BCUT2D eigenvalue weighted by Crippen LogP contribution is 2.30. The minimum Gasteiger partial charge on any atom is -0.445 e. The van der Waals surface area contributed by atoms with Gasteiger partial charge in [-0.05, 0) is 46.1 Å². The molecular formula is C25H36N4O5. The van der Waals surface area contributed by atoms with E-state index in [2.05, 4.69) is 9.55 Å². The van der Waals surface area contributed by atoms with Crippen molar-refractivity contribution in [3.8, 4) is 0 Å². The maximum absolute atomic E-state index is 13.3. The molecule has 0 bridgehead atoms. The molecule has 0 spiro atoms. The maximum atomic E-state index is 13.3. The minimum atomic E-state index is -0.0933. The quantitative estimate of drug-likeness (QED) is 0.576. The van der Waals surface area contributed by atoms with Crippen molar-refractivity contribution in [3.05, 3.63) is 40.4 Å². The largest absolute Gasteiger partial charge is 0.445 e. The number of oxazole rings is 1. The number of aromatic nitrogens is 2. The third-order valence-electron chi connectivity index (χ3n) is 6.98. The summed E-state index contributed by atoms with van der Waals surface area (Å²) >= 11 is 0. The molecule has 186 valence electrons. The number of hydrogen-bond acceptors (Lipinski definition) is 6. The van der Waals surface area contributed by atoms with Crippen LogP contribution in [0.1, 0.15) is 69.1 Å². The van der Waals surface area contributed by atoms with Crippen LogP contribution in [0, 0.1) is 20.8 Å². The van der Waals surface area contributed by atoms with Gasteiger partial charge in [0.05, 0.1) is 18.8 Å².